The summed E-state index contributed by atoms with van der Waals surface area (Å²) in [6.45, 7) is 0. The minimum Gasteiger partial charge on any atom is -0.370 e. The highest BCUT2D eigenvalue weighted by Crippen LogP contribution is 2.44. The van der Waals surface area contributed by atoms with Crippen molar-refractivity contribution in [1.29, 1.82) is 0 Å². The molecule has 0 aromatic heterocycles. The lowest BCUT2D eigenvalue weighted by atomic mass is 9.97. The van der Waals surface area contributed by atoms with Crippen molar-refractivity contribution in [3.05, 3.63) is 49.9 Å². The van der Waals surface area contributed by atoms with Crippen molar-refractivity contribution >= 4 is 63.6 Å². The number of hydrogen-bond acceptors (Lipinski definition) is 1. The maximum absolute atomic E-state index is 9.79. The zero-order valence-corrected chi connectivity index (χ0v) is 12.6. The number of alkyl halides is 1. The van der Waals surface area contributed by atoms with Crippen LogP contribution in [0.1, 0.15) is 12.0 Å². The number of hydrogen-bond donors (Lipinski definition) is 1. The first-order valence-electron chi connectivity index (χ1n) is 4.94. The van der Waals surface area contributed by atoms with E-state index in [-0.39, 0.29) is 11.5 Å². The second kappa shape index (κ2) is 5.24. The second-order valence-electron chi connectivity index (χ2n) is 3.87. The summed E-state index contributed by atoms with van der Waals surface area (Å²) in [4.78, 5) is 0. The van der Waals surface area contributed by atoms with Crippen molar-refractivity contribution in [2.24, 2.45) is 0 Å². The van der Waals surface area contributed by atoms with Gasteiger partial charge in [-0.05, 0) is 29.8 Å². The smallest absolute Gasteiger partial charge is 0.179 e. The molecule has 1 aromatic carbocycles. The van der Waals surface area contributed by atoms with E-state index < -0.39 is 5.06 Å². The third-order valence-corrected chi connectivity index (χ3v) is 4.29. The molecule has 1 N–H and O–H groups in total. The van der Waals surface area contributed by atoms with Gasteiger partial charge < -0.3 is 5.11 Å². The molecule has 1 nitrogen and oxygen atoms in total. The Kier molecular flexibility index (Phi) is 4.23. The molecule has 1 atom stereocenters. The van der Waals surface area contributed by atoms with E-state index in [0.29, 0.717) is 26.2 Å². The first kappa shape index (κ1) is 14.5. The van der Waals surface area contributed by atoms with Crippen molar-refractivity contribution in [3.63, 3.8) is 0 Å². The minimum atomic E-state index is -1.66. The molecule has 0 saturated carbocycles. The fourth-order valence-corrected chi connectivity index (χ4v) is 2.80. The van der Waals surface area contributed by atoms with E-state index in [1.807, 2.05) is 0 Å². The summed E-state index contributed by atoms with van der Waals surface area (Å²) < 4.78 is 0. The molecule has 0 fully saturated rings. The molecule has 0 saturated heterocycles. The Morgan fingerprint density at radius 1 is 1.11 bits per heavy atom. The van der Waals surface area contributed by atoms with Crippen LogP contribution in [0, 0.1) is 0 Å². The largest absolute Gasteiger partial charge is 0.370 e. The Hall–Kier alpha value is 0.110. The van der Waals surface area contributed by atoms with Gasteiger partial charge in [0.1, 0.15) is 0 Å². The van der Waals surface area contributed by atoms with E-state index in [4.69, 9.17) is 58.0 Å². The molecule has 0 heterocycles. The number of rotatable bonds is 1. The number of benzene rings is 1. The summed E-state index contributed by atoms with van der Waals surface area (Å²) in [7, 11) is 0. The third kappa shape index (κ3) is 2.82. The molecule has 96 valence electrons. The zero-order chi connectivity index (χ0) is 13.5. The first-order chi connectivity index (χ1) is 8.31. The van der Waals surface area contributed by atoms with E-state index in [9.17, 15) is 5.11 Å². The van der Waals surface area contributed by atoms with E-state index in [0.717, 1.165) is 0 Å². The minimum absolute atomic E-state index is 0.0175. The molecule has 0 spiro atoms. The van der Waals surface area contributed by atoms with Crippen LogP contribution in [0.5, 0.6) is 0 Å². The molecule has 1 aromatic rings. The van der Waals surface area contributed by atoms with Gasteiger partial charge in [-0.3, -0.25) is 0 Å². The van der Waals surface area contributed by atoms with Crippen molar-refractivity contribution in [2.75, 3.05) is 0 Å². The highest BCUT2D eigenvalue weighted by atomic mass is 35.5. The van der Waals surface area contributed by atoms with Gasteiger partial charge in [0.05, 0.1) is 5.03 Å². The summed E-state index contributed by atoms with van der Waals surface area (Å²) in [6.07, 6.45) is 1.52. The van der Waals surface area contributed by atoms with Crippen molar-refractivity contribution in [3.8, 4) is 0 Å². The molecule has 18 heavy (non-hydrogen) atoms. The van der Waals surface area contributed by atoms with Crippen LogP contribution < -0.4 is 0 Å². The summed E-state index contributed by atoms with van der Waals surface area (Å²) in [5.74, 6) is 0. The molecule has 6 heteroatoms. The molecule has 1 aliphatic carbocycles. The van der Waals surface area contributed by atoms with Crippen LogP contribution >= 0.6 is 58.0 Å². The average Bonchev–Trinajstić information content (AvgIpc) is 2.27. The highest BCUT2D eigenvalue weighted by molar-refractivity contribution is 6.43. The summed E-state index contributed by atoms with van der Waals surface area (Å²) in [6, 6.07) is 5.02. The Bertz CT molecular complexity index is 560. The quantitative estimate of drug-likeness (QED) is 0.677. The van der Waals surface area contributed by atoms with Crippen molar-refractivity contribution in [2.45, 2.75) is 11.5 Å². The van der Waals surface area contributed by atoms with Crippen molar-refractivity contribution < 1.29 is 5.11 Å². The predicted octanol–water partition coefficient (Wildman–Crippen LogP) is 5.40. The molecule has 1 aliphatic rings. The Morgan fingerprint density at radius 3 is 2.44 bits per heavy atom. The van der Waals surface area contributed by atoms with Gasteiger partial charge >= 0.3 is 0 Å². The number of halogens is 5. The average molecular weight is 344 g/mol. The van der Waals surface area contributed by atoms with Crippen LogP contribution in [0.15, 0.2) is 34.3 Å². The molecular weight excluding hydrogens is 337 g/mol. The predicted molar refractivity (Wildman–Crippen MR) is 78.6 cm³/mol. The van der Waals surface area contributed by atoms with E-state index in [1.165, 1.54) is 6.08 Å². The van der Waals surface area contributed by atoms with E-state index in [2.05, 4.69) is 0 Å². The Balaban J connectivity index is 2.55. The molecule has 1 unspecified atom stereocenters. The molecular formula is C12H7Cl5O. The van der Waals surface area contributed by atoms with Gasteiger partial charge in [-0.2, -0.15) is 0 Å². The van der Waals surface area contributed by atoms with Crippen LogP contribution in [0.25, 0.3) is 5.57 Å². The summed E-state index contributed by atoms with van der Waals surface area (Å²) >= 11 is 29.9. The SMILES string of the molecule is OC1(Cl)CC(Cl)=C(c2cc(Cl)ccc2Cl)C=C1Cl. The normalized spacial score (nSPS) is 24.2. The van der Waals surface area contributed by atoms with Crippen LogP contribution in [0.3, 0.4) is 0 Å². The molecule has 0 amide bonds. The van der Waals surface area contributed by atoms with Gasteiger partial charge in [0, 0.05) is 27.1 Å². The number of allylic oxidation sites excluding steroid dienone is 2. The molecule has 0 aliphatic heterocycles. The Morgan fingerprint density at radius 2 is 1.78 bits per heavy atom. The van der Waals surface area contributed by atoms with Crippen LogP contribution in [0.4, 0.5) is 0 Å². The van der Waals surface area contributed by atoms with Crippen molar-refractivity contribution in [1.82, 2.24) is 0 Å². The van der Waals surface area contributed by atoms with Crippen LogP contribution in [-0.4, -0.2) is 10.2 Å². The third-order valence-electron chi connectivity index (χ3n) is 2.54. The molecule has 0 bridgehead atoms. The fraction of sp³-hybridized carbons (Fsp3) is 0.167. The van der Waals surface area contributed by atoms with E-state index in [1.54, 1.807) is 18.2 Å². The maximum Gasteiger partial charge on any atom is 0.179 e. The highest BCUT2D eigenvalue weighted by Gasteiger charge is 2.34. The van der Waals surface area contributed by atoms with E-state index >= 15 is 0 Å². The number of aliphatic hydroxyl groups is 1. The van der Waals surface area contributed by atoms with Gasteiger partial charge in [-0.1, -0.05) is 58.0 Å². The van der Waals surface area contributed by atoms with Gasteiger partial charge in [0.25, 0.3) is 0 Å². The summed E-state index contributed by atoms with van der Waals surface area (Å²) in [5.41, 5.74) is 1.26. The maximum atomic E-state index is 9.79. The molecule has 2 rings (SSSR count). The van der Waals surface area contributed by atoms with Gasteiger partial charge in [-0.25, -0.2) is 0 Å². The second-order valence-corrected chi connectivity index (χ2v) is 6.20. The Labute approximate surface area is 130 Å². The van der Waals surface area contributed by atoms with Gasteiger partial charge in [-0.15, -0.1) is 0 Å². The standard InChI is InChI=1S/C12H7Cl5O/c13-6-1-2-9(14)7(3-6)8-4-11(16)12(17,18)5-10(8)15/h1-4,18H,5H2. The molecule has 0 radical (unpaired) electrons. The lowest BCUT2D eigenvalue weighted by Gasteiger charge is -2.25. The first-order valence-corrected chi connectivity index (χ1v) is 6.83. The van der Waals surface area contributed by atoms with Gasteiger partial charge in [0.15, 0.2) is 5.06 Å². The van der Waals surface area contributed by atoms with Gasteiger partial charge in [0.2, 0.25) is 0 Å². The van der Waals surface area contributed by atoms with Crippen LogP contribution in [0.2, 0.25) is 10.0 Å². The summed E-state index contributed by atoms with van der Waals surface area (Å²) in [5, 5.41) is 9.63. The fourth-order valence-electron chi connectivity index (χ4n) is 1.63. The topological polar surface area (TPSA) is 20.2 Å². The zero-order valence-electron chi connectivity index (χ0n) is 8.85. The lowest BCUT2D eigenvalue weighted by Crippen LogP contribution is -2.24. The lowest BCUT2D eigenvalue weighted by molar-refractivity contribution is 0.176. The monoisotopic (exact) mass is 342 g/mol. The van der Waals surface area contributed by atoms with Crippen LogP contribution in [-0.2, 0) is 0 Å².